The molecule has 0 atom stereocenters. The van der Waals surface area contributed by atoms with Crippen molar-refractivity contribution in [1.29, 1.82) is 5.41 Å². The zero-order chi connectivity index (χ0) is 23.5. The number of hydrogen-bond acceptors (Lipinski definition) is 3. The molecule has 5 rings (SSSR count). The molecule has 4 nitrogen and oxygen atoms in total. The average Bonchev–Trinajstić information content (AvgIpc) is 3.28. The first kappa shape index (κ1) is 21.4. The molecule has 1 heterocycles. The molecule has 0 unspecified atom stereocenters. The van der Waals surface area contributed by atoms with Crippen molar-refractivity contribution in [3.63, 3.8) is 0 Å². The molecule has 3 aromatic carbocycles. The Morgan fingerprint density at radius 1 is 0.853 bits per heavy atom. The first-order valence-electron chi connectivity index (χ1n) is 11.2. The van der Waals surface area contributed by atoms with E-state index < -0.39 is 0 Å². The zero-order valence-corrected chi connectivity index (χ0v) is 19.2. The van der Waals surface area contributed by atoms with Gasteiger partial charge in [0.2, 0.25) is 0 Å². The van der Waals surface area contributed by atoms with Crippen LogP contribution in [0.4, 0.5) is 0 Å². The molecular weight excluding hydrogens is 418 g/mol. The summed E-state index contributed by atoms with van der Waals surface area (Å²) in [5.74, 6) is 1.46. The Hall–Kier alpha value is -4.44. The maximum absolute atomic E-state index is 8.57. The van der Waals surface area contributed by atoms with E-state index in [-0.39, 0.29) is 0 Å². The predicted molar refractivity (Wildman–Crippen MR) is 140 cm³/mol. The lowest BCUT2D eigenvalue weighted by Gasteiger charge is -2.19. The third-order valence-electron chi connectivity index (χ3n) is 5.91. The van der Waals surface area contributed by atoms with Crippen LogP contribution in [0.3, 0.4) is 0 Å². The van der Waals surface area contributed by atoms with Crippen LogP contribution in [-0.2, 0) is 4.74 Å². The highest BCUT2D eigenvalue weighted by Gasteiger charge is 2.21. The van der Waals surface area contributed by atoms with Crippen molar-refractivity contribution in [2.75, 3.05) is 7.11 Å². The van der Waals surface area contributed by atoms with Crippen LogP contribution in [0.15, 0.2) is 121 Å². The number of methoxy groups -OCH3 is 1. The van der Waals surface area contributed by atoms with Gasteiger partial charge in [-0.3, -0.25) is 9.98 Å². The van der Waals surface area contributed by atoms with E-state index in [2.05, 4.69) is 47.0 Å². The average molecular weight is 444 g/mol. The molecule has 0 saturated carbocycles. The minimum atomic E-state index is 0.382. The smallest absolute Gasteiger partial charge is 0.145 e. The topological polar surface area (TPSA) is 50.9 Å². The highest BCUT2D eigenvalue weighted by atomic mass is 16.5. The molecule has 0 radical (unpaired) electrons. The van der Waals surface area contributed by atoms with Crippen molar-refractivity contribution in [1.82, 2.24) is 9.55 Å². The quantitative estimate of drug-likeness (QED) is 0.356. The van der Waals surface area contributed by atoms with Gasteiger partial charge in [0.15, 0.2) is 0 Å². The Kier molecular flexibility index (Phi) is 5.79. The number of nitrogens with one attached hydrogen (secondary N) is 1. The van der Waals surface area contributed by atoms with Crippen LogP contribution >= 0.6 is 0 Å². The summed E-state index contributed by atoms with van der Waals surface area (Å²) in [7, 11) is 1.60. The molecule has 4 aromatic rings. The van der Waals surface area contributed by atoms with Gasteiger partial charge in [-0.15, -0.1) is 0 Å². The number of benzene rings is 3. The predicted octanol–water partition coefficient (Wildman–Crippen LogP) is 7.14. The Labute approximate surface area is 199 Å². The van der Waals surface area contributed by atoms with Gasteiger partial charge in [0.1, 0.15) is 17.3 Å². The molecule has 0 saturated heterocycles. The summed E-state index contributed by atoms with van der Waals surface area (Å²) in [5.41, 5.74) is 7.39. The molecule has 0 fully saturated rings. The SMILES string of the molecule is C/C=C\C=C1/C(=N)C(OC)=CC=C1c1ccc(-c2nc3ccccc3n2-c2ccccc2)cc1. The lowest BCUT2D eigenvalue weighted by molar-refractivity contribution is 0.314. The molecule has 1 N–H and O–H groups in total. The highest BCUT2D eigenvalue weighted by Crippen LogP contribution is 2.33. The fraction of sp³-hybridized carbons (Fsp3) is 0.0667. The van der Waals surface area contributed by atoms with E-state index >= 15 is 0 Å². The van der Waals surface area contributed by atoms with Crippen LogP contribution in [0, 0.1) is 5.41 Å². The minimum Gasteiger partial charge on any atom is -0.494 e. The van der Waals surface area contributed by atoms with Crippen LogP contribution in [0.1, 0.15) is 12.5 Å². The van der Waals surface area contributed by atoms with Crippen LogP contribution in [-0.4, -0.2) is 22.4 Å². The van der Waals surface area contributed by atoms with Crippen molar-refractivity contribution in [2.45, 2.75) is 6.92 Å². The van der Waals surface area contributed by atoms with Gasteiger partial charge in [-0.25, -0.2) is 4.98 Å². The number of nitrogens with zero attached hydrogens (tertiary/aromatic N) is 2. The van der Waals surface area contributed by atoms with Crippen LogP contribution in [0.2, 0.25) is 0 Å². The van der Waals surface area contributed by atoms with E-state index in [0.29, 0.717) is 11.5 Å². The summed E-state index contributed by atoms with van der Waals surface area (Å²) in [4.78, 5) is 4.96. The molecule has 0 bridgehead atoms. The molecule has 1 aliphatic carbocycles. The standard InChI is InChI=1S/C30H25N3O/c1-3-4-12-25-24(19-20-28(34-2)29(25)31)21-15-17-22(18-16-21)30-32-26-13-8-9-14-27(26)33(30)23-10-6-5-7-11-23/h3-20,31H,1-2H3/b4-3-,25-12-,31-29?. The lowest BCUT2D eigenvalue weighted by atomic mass is 9.89. The number of aromatic nitrogens is 2. The lowest BCUT2D eigenvalue weighted by Crippen LogP contribution is -2.12. The summed E-state index contributed by atoms with van der Waals surface area (Å²) in [6.45, 7) is 1.97. The Morgan fingerprint density at radius 3 is 2.29 bits per heavy atom. The van der Waals surface area contributed by atoms with Gasteiger partial charge in [-0.1, -0.05) is 72.8 Å². The van der Waals surface area contributed by atoms with Gasteiger partial charge in [-0.2, -0.15) is 0 Å². The van der Waals surface area contributed by atoms with Crippen molar-refractivity contribution in [2.24, 2.45) is 0 Å². The molecule has 0 amide bonds. The van der Waals surface area contributed by atoms with Crippen molar-refractivity contribution in [3.05, 3.63) is 126 Å². The second-order valence-corrected chi connectivity index (χ2v) is 7.97. The highest BCUT2D eigenvalue weighted by molar-refractivity contribution is 6.21. The molecule has 0 spiro atoms. The summed E-state index contributed by atoms with van der Waals surface area (Å²) in [5, 5.41) is 8.57. The van der Waals surface area contributed by atoms with E-state index in [9.17, 15) is 0 Å². The third kappa shape index (κ3) is 3.80. The maximum Gasteiger partial charge on any atom is 0.145 e. The van der Waals surface area contributed by atoms with Gasteiger partial charge < -0.3 is 4.74 Å². The van der Waals surface area contributed by atoms with E-state index in [1.165, 1.54) is 0 Å². The van der Waals surface area contributed by atoms with E-state index in [4.69, 9.17) is 15.1 Å². The number of hydrogen-bond donors (Lipinski definition) is 1. The van der Waals surface area contributed by atoms with Gasteiger partial charge in [-0.05, 0) is 54.5 Å². The Bertz CT molecular complexity index is 1480. The zero-order valence-electron chi connectivity index (χ0n) is 19.2. The molecular formula is C30H25N3O. The molecule has 34 heavy (non-hydrogen) atoms. The first-order valence-corrected chi connectivity index (χ1v) is 11.2. The van der Waals surface area contributed by atoms with E-state index in [1.54, 1.807) is 7.11 Å². The molecule has 1 aliphatic rings. The van der Waals surface area contributed by atoms with E-state index in [0.717, 1.165) is 44.8 Å². The number of imidazole rings is 1. The summed E-state index contributed by atoms with van der Waals surface area (Å²) in [6.07, 6.45) is 9.74. The van der Waals surface area contributed by atoms with Gasteiger partial charge in [0.25, 0.3) is 0 Å². The fourth-order valence-corrected chi connectivity index (χ4v) is 4.24. The van der Waals surface area contributed by atoms with Gasteiger partial charge in [0, 0.05) is 16.8 Å². The number of fused-ring (bicyclic) bond motifs is 1. The molecule has 4 heteroatoms. The van der Waals surface area contributed by atoms with E-state index in [1.807, 2.05) is 73.7 Å². The molecule has 1 aromatic heterocycles. The normalized spacial score (nSPS) is 15.1. The van der Waals surface area contributed by atoms with Crippen LogP contribution < -0.4 is 0 Å². The number of para-hydroxylation sites is 3. The number of rotatable bonds is 5. The van der Waals surface area contributed by atoms with Gasteiger partial charge >= 0.3 is 0 Å². The minimum absolute atomic E-state index is 0.382. The second kappa shape index (κ2) is 9.20. The maximum atomic E-state index is 8.57. The third-order valence-corrected chi connectivity index (χ3v) is 5.91. The van der Waals surface area contributed by atoms with Crippen LogP contribution in [0.5, 0.6) is 0 Å². The van der Waals surface area contributed by atoms with Crippen LogP contribution in [0.25, 0.3) is 33.7 Å². The largest absolute Gasteiger partial charge is 0.494 e. The molecule has 0 aliphatic heterocycles. The molecule has 166 valence electrons. The first-order chi connectivity index (χ1) is 16.7. The second-order valence-electron chi connectivity index (χ2n) is 7.97. The number of ether oxygens (including phenoxy) is 1. The summed E-state index contributed by atoms with van der Waals surface area (Å²) < 4.78 is 7.57. The summed E-state index contributed by atoms with van der Waals surface area (Å²) >= 11 is 0. The Balaban J connectivity index is 1.60. The van der Waals surface area contributed by atoms with Crippen molar-refractivity contribution < 1.29 is 4.74 Å². The monoisotopic (exact) mass is 443 g/mol. The number of allylic oxidation sites excluding steroid dienone is 7. The Morgan fingerprint density at radius 2 is 1.56 bits per heavy atom. The van der Waals surface area contributed by atoms with Gasteiger partial charge in [0.05, 0.1) is 18.1 Å². The summed E-state index contributed by atoms with van der Waals surface area (Å²) in [6, 6.07) is 26.9. The van der Waals surface area contributed by atoms with Crippen molar-refractivity contribution in [3.8, 4) is 17.1 Å². The fourth-order valence-electron chi connectivity index (χ4n) is 4.24. The van der Waals surface area contributed by atoms with Crippen molar-refractivity contribution >= 4 is 22.3 Å².